The van der Waals surface area contributed by atoms with Crippen molar-refractivity contribution in [3.63, 3.8) is 0 Å². The summed E-state index contributed by atoms with van der Waals surface area (Å²) in [5, 5.41) is 13.5. The van der Waals surface area contributed by atoms with Crippen molar-refractivity contribution in [2.24, 2.45) is 0 Å². The SMILES string of the molecule is N#Cc1ccnc(N2C3CCC2CC(n2cccn2)C3)c1. The molecule has 0 saturated carbocycles. The zero-order chi connectivity index (χ0) is 14.2. The number of piperidine rings is 1. The molecule has 0 spiro atoms. The lowest BCUT2D eigenvalue weighted by molar-refractivity contribution is 0.313. The van der Waals surface area contributed by atoms with Gasteiger partial charge in [-0.3, -0.25) is 4.68 Å². The molecule has 0 aliphatic carbocycles. The van der Waals surface area contributed by atoms with Crippen molar-refractivity contribution in [1.29, 1.82) is 5.26 Å². The molecule has 2 saturated heterocycles. The summed E-state index contributed by atoms with van der Waals surface area (Å²) in [4.78, 5) is 6.92. The van der Waals surface area contributed by atoms with E-state index in [0.717, 1.165) is 18.7 Å². The Morgan fingerprint density at radius 2 is 1.95 bits per heavy atom. The lowest BCUT2D eigenvalue weighted by atomic mass is 9.97. The molecule has 2 aromatic heterocycles. The summed E-state index contributed by atoms with van der Waals surface area (Å²) in [5.41, 5.74) is 0.689. The van der Waals surface area contributed by atoms with Gasteiger partial charge in [0, 0.05) is 30.7 Å². The molecular formula is C16H17N5. The molecule has 4 rings (SSSR count). The summed E-state index contributed by atoms with van der Waals surface area (Å²) in [6.07, 6.45) is 10.3. The molecule has 2 aliphatic rings. The average molecular weight is 279 g/mol. The fraction of sp³-hybridized carbons (Fsp3) is 0.438. The van der Waals surface area contributed by atoms with E-state index >= 15 is 0 Å². The van der Waals surface area contributed by atoms with Crippen molar-refractivity contribution in [2.45, 2.75) is 43.8 Å². The molecule has 2 fully saturated rings. The van der Waals surface area contributed by atoms with Gasteiger partial charge in [0.1, 0.15) is 5.82 Å². The fourth-order valence-corrected chi connectivity index (χ4v) is 3.86. The van der Waals surface area contributed by atoms with Crippen molar-refractivity contribution in [3.8, 4) is 6.07 Å². The Balaban J connectivity index is 1.61. The third-order valence-corrected chi connectivity index (χ3v) is 4.75. The van der Waals surface area contributed by atoms with Gasteiger partial charge in [-0.05, 0) is 43.9 Å². The van der Waals surface area contributed by atoms with Crippen molar-refractivity contribution >= 4 is 5.82 Å². The molecule has 0 radical (unpaired) electrons. The van der Waals surface area contributed by atoms with Crippen LogP contribution in [0.3, 0.4) is 0 Å². The maximum absolute atomic E-state index is 9.07. The van der Waals surface area contributed by atoms with E-state index in [2.05, 4.69) is 31.9 Å². The van der Waals surface area contributed by atoms with E-state index in [4.69, 9.17) is 5.26 Å². The van der Waals surface area contributed by atoms with Crippen LogP contribution in [0.2, 0.25) is 0 Å². The number of nitriles is 1. The molecule has 0 N–H and O–H groups in total. The predicted molar refractivity (Wildman–Crippen MR) is 78.7 cm³/mol. The van der Waals surface area contributed by atoms with Crippen molar-refractivity contribution in [2.75, 3.05) is 4.90 Å². The Hall–Kier alpha value is -2.35. The maximum Gasteiger partial charge on any atom is 0.130 e. The largest absolute Gasteiger partial charge is 0.350 e. The molecule has 5 heteroatoms. The molecule has 2 bridgehead atoms. The summed E-state index contributed by atoms with van der Waals surface area (Å²) < 4.78 is 2.10. The number of pyridine rings is 1. The Morgan fingerprint density at radius 3 is 2.62 bits per heavy atom. The third kappa shape index (κ3) is 2.07. The lowest BCUT2D eigenvalue weighted by Gasteiger charge is -2.39. The van der Waals surface area contributed by atoms with Gasteiger partial charge in [-0.2, -0.15) is 10.4 Å². The predicted octanol–water partition coefficient (Wildman–Crippen LogP) is 2.52. The molecule has 4 heterocycles. The first kappa shape index (κ1) is 12.4. The highest BCUT2D eigenvalue weighted by molar-refractivity contribution is 5.48. The lowest BCUT2D eigenvalue weighted by Crippen LogP contribution is -2.44. The Kier molecular flexibility index (Phi) is 2.88. The van der Waals surface area contributed by atoms with E-state index in [0.29, 0.717) is 23.7 Å². The summed E-state index contributed by atoms with van der Waals surface area (Å²) in [7, 11) is 0. The van der Waals surface area contributed by atoms with Crippen LogP contribution in [0.15, 0.2) is 36.8 Å². The Morgan fingerprint density at radius 1 is 1.14 bits per heavy atom. The van der Waals surface area contributed by atoms with Crippen LogP contribution in [-0.4, -0.2) is 26.8 Å². The van der Waals surface area contributed by atoms with Gasteiger partial charge in [-0.25, -0.2) is 4.98 Å². The van der Waals surface area contributed by atoms with Gasteiger partial charge < -0.3 is 4.90 Å². The number of hydrogen-bond acceptors (Lipinski definition) is 4. The number of nitrogens with zero attached hydrogens (tertiary/aromatic N) is 5. The first-order chi connectivity index (χ1) is 10.3. The summed E-state index contributed by atoms with van der Waals surface area (Å²) in [6.45, 7) is 0. The zero-order valence-corrected chi connectivity index (χ0v) is 11.8. The molecular weight excluding hydrogens is 262 g/mol. The normalized spacial score (nSPS) is 27.6. The van der Waals surface area contributed by atoms with Crippen LogP contribution in [0.5, 0.6) is 0 Å². The summed E-state index contributed by atoms with van der Waals surface area (Å²) in [5.74, 6) is 0.959. The molecule has 2 atom stereocenters. The zero-order valence-electron chi connectivity index (χ0n) is 11.8. The fourth-order valence-electron chi connectivity index (χ4n) is 3.86. The van der Waals surface area contributed by atoms with Gasteiger partial charge in [0.05, 0.1) is 17.7 Å². The molecule has 2 aliphatic heterocycles. The van der Waals surface area contributed by atoms with Crippen molar-refractivity contribution < 1.29 is 0 Å². The standard InChI is InChI=1S/C16H17N5/c17-11-12-4-6-18-16(8-12)21-13-2-3-14(21)10-15(9-13)20-7-1-5-19-20/h1,4-8,13-15H,2-3,9-10H2. The van der Waals surface area contributed by atoms with E-state index in [-0.39, 0.29) is 0 Å². The van der Waals surface area contributed by atoms with Crippen LogP contribution in [0.1, 0.15) is 37.3 Å². The number of fused-ring (bicyclic) bond motifs is 2. The van der Waals surface area contributed by atoms with Gasteiger partial charge in [-0.1, -0.05) is 0 Å². The highest BCUT2D eigenvalue weighted by atomic mass is 15.3. The molecule has 2 unspecified atom stereocenters. The van der Waals surface area contributed by atoms with Crippen LogP contribution in [-0.2, 0) is 0 Å². The molecule has 2 aromatic rings. The second-order valence-corrected chi connectivity index (χ2v) is 5.92. The quantitative estimate of drug-likeness (QED) is 0.847. The molecule has 0 aromatic carbocycles. The van der Waals surface area contributed by atoms with Crippen molar-refractivity contribution in [3.05, 3.63) is 42.4 Å². The highest BCUT2D eigenvalue weighted by Crippen LogP contribution is 2.42. The number of anilines is 1. The Labute approximate surface area is 123 Å². The number of rotatable bonds is 2. The molecule has 21 heavy (non-hydrogen) atoms. The molecule has 0 amide bonds. The van der Waals surface area contributed by atoms with Gasteiger partial charge in [0.2, 0.25) is 0 Å². The first-order valence-corrected chi connectivity index (χ1v) is 7.49. The summed E-state index contributed by atoms with van der Waals surface area (Å²) in [6, 6.07) is 9.40. The minimum Gasteiger partial charge on any atom is -0.350 e. The number of aromatic nitrogens is 3. The van der Waals surface area contributed by atoms with Crippen LogP contribution in [0, 0.1) is 11.3 Å². The van der Waals surface area contributed by atoms with Gasteiger partial charge >= 0.3 is 0 Å². The van der Waals surface area contributed by atoms with Crippen molar-refractivity contribution in [1.82, 2.24) is 14.8 Å². The van der Waals surface area contributed by atoms with E-state index in [9.17, 15) is 0 Å². The van der Waals surface area contributed by atoms with Crippen LogP contribution in [0.25, 0.3) is 0 Å². The van der Waals surface area contributed by atoms with E-state index in [1.165, 1.54) is 12.8 Å². The third-order valence-electron chi connectivity index (χ3n) is 4.75. The highest BCUT2D eigenvalue weighted by Gasteiger charge is 2.42. The van der Waals surface area contributed by atoms with E-state index in [1.807, 2.05) is 18.3 Å². The van der Waals surface area contributed by atoms with E-state index in [1.54, 1.807) is 12.3 Å². The maximum atomic E-state index is 9.07. The smallest absolute Gasteiger partial charge is 0.130 e. The first-order valence-electron chi connectivity index (χ1n) is 7.49. The van der Waals surface area contributed by atoms with Gasteiger partial charge in [0.25, 0.3) is 0 Å². The topological polar surface area (TPSA) is 57.7 Å². The van der Waals surface area contributed by atoms with Crippen LogP contribution in [0.4, 0.5) is 5.82 Å². The van der Waals surface area contributed by atoms with Crippen LogP contribution < -0.4 is 4.90 Å². The second-order valence-electron chi connectivity index (χ2n) is 5.92. The van der Waals surface area contributed by atoms with Crippen LogP contribution >= 0.6 is 0 Å². The monoisotopic (exact) mass is 279 g/mol. The molecule has 5 nitrogen and oxygen atoms in total. The number of hydrogen-bond donors (Lipinski definition) is 0. The van der Waals surface area contributed by atoms with Gasteiger partial charge in [-0.15, -0.1) is 0 Å². The molecule has 106 valence electrons. The van der Waals surface area contributed by atoms with Gasteiger partial charge in [0.15, 0.2) is 0 Å². The van der Waals surface area contributed by atoms with E-state index < -0.39 is 0 Å². The minimum absolute atomic E-state index is 0.493. The summed E-state index contributed by atoms with van der Waals surface area (Å²) >= 11 is 0. The average Bonchev–Trinajstić information content (AvgIpc) is 3.14. The second kappa shape index (κ2) is 4.88. The Bertz CT molecular complexity index is 658. The minimum atomic E-state index is 0.493.